The molecule has 0 radical (unpaired) electrons. The molecule has 0 aromatic carbocycles. The fraction of sp³-hybridized carbons (Fsp3) is 1.00. The van der Waals surface area contributed by atoms with E-state index in [1.807, 2.05) is 0 Å². The first-order chi connectivity index (χ1) is 10.1. The lowest BCUT2D eigenvalue weighted by Gasteiger charge is -2.58. The summed E-state index contributed by atoms with van der Waals surface area (Å²) in [5.41, 5.74) is 0. The molecular formula is C21H36. The summed E-state index contributed by atoms with van der Waals surface area (Å²) in [7, 11) is 0. The molecule has 0 bridgehead atoms. The molecular weight excluding hydrogens is 252 g/mol. The first kappa shape index (κ1) is 14.6. The van der Waals surface area contributed by atoms with Crippen LogP contribution < -0.4 is 0 Å². The Balaban J connectivity index is 1.66. The minimum absolute atomic E-state index is 1.01. The average molecular weight is 289 g/mol. The van der Waals surface area contributed by atoms with Crippen molar-refractivity contribution in [2.24, 2.45) is 59.2 Å². The zero-order valence-electron chi connectivity index (χ0n) is 14.7. The smallest absolute Gasteiger partial charge is 0.0326 e. The molecule has 10 atom stereocenters. The maximum atomic E-state index is 2.63. The van der Waals surface area contributed by atoms with E-state index in [-0.39, 0.29) is 0 Å². The Morgan fingerprint density at radius 1 is 0.524 bits per heavy atom. The van der Waals surface area contributed by atoms with Gasteiger partial charge >= 0.3 is 0 Å². The molecule has 0 spiro atoms. The second-order valence-corrected chi connectivity index (χ2v) is 9.71. The molecule has 4 fully saturated rings. The molecule has 120 valence electrons. The lowest BCUT2D eigenvalue weighted by molar-refractivity contribution is -0.0925. The number of fused-ring (bicyclic) bond motifs is 5. The number of hydrogen-bond acceptors (Lipinski definition) is 0. The molecule has 0 aromatic heterocycles. The van der Waals surface area contributed by atoms with Gasteiger partial charge in [-0.1, -0.05) is 53.4 Å². The lowest BCUT2D eigenvalue weighted by atomic mass is 9.47. The van der Waals surface area contributed by atoms with Gasteiger partial charge in [-0.25, -0.2) is 0 Å². The minimum Gasteiger partial charge on any atom is -0.0622 e. The van der Waals surface area contributed by atoms with E-state index in [1.54, 1.807) is 25.7 Å². The Kier molecular flexibility index (Phi) is 3.66. The lowest BCUT2D eigenvalue weighted by Crippen LogP contribution is -2.51. The van der Waals surface area contributed by atoms with E-state index in [0.29, 0.717) is 0 Å². The molecule has 0 aromatic rings. The summed E-state index contributed by atoms with van der Waals surface area (Å²) in [6.07, 6.45) is 10.8. The fourth-order valence-electron chi connectivity index (χ4n) is 8.25. The van der Waals surface area contributed by atoms with Crippen molar-refractivity contribution in [3.8, 4) is 0 Å². The van der Waals surface area contributed by atoms with Gasteiger partial charge in [-0.3, -0.25) is 0 Å². The highest BCUT2D eigenvalue weighted by Gasteiger charge is 2.55. The van der Waals surface area contributed by atoms with Crippen molar-refractivity contribution in [1.29, 1.82) is 0 Å². The Bertz CT molecular complexity index is 385. The van der Waals surface area contributed by atoms with Crippen LogP contribution in [0, 0.1) is 59.2 Å². The summed E-state index contributed by atoms with van der Waals surface area (Å²) in [5, 5.41) is 0. The van der Waals surface area contributed by atoms with Gasteiger partial charge in [-0.15, -0.1) is 0 Å². The van der Waals surface area contributed by atoms with E-state index >= 15 is 0 Å². The van der Waals surface area contributed by atoms with Crippen molar-refractivity contribution in [2.45, 2.75) is 72.6 Å². The SMILES string of the molecule is CC1CCC2C1C(C)CC1C3C(C)CCCC3CC(C)C21. The maximum Gasteiger partial charge on any atom is -0.0326 e. The van der Waals surface area contributed by atoms with Crippen molar-refractivity contribution < 1.29 is 0 Å². The van der Waals surface area contributed by atoms with Gasteiger partial charge in [0.2, 0.25) is 0 Å². The van der Waals surface area contributed by atoms with Crippen molar-refractivity contribution in [1.82, 2.24) is 0 Å². The Hall–Kier alpha value is 0. The third-order valence-electron chi connectivity index (χ3n) is 8.66. The second-order valence-electron chi connectivity index (χ2n) is 9.71. The molecule has 4 aliphatic carbocycles. The second kappa shape index (κ2) is 5.27. The largest absolute Gasteiger partial charge is 0.0622 e. The van der Waals surface area contributed by atoms with Crippen LogP contribution in [0.4, 0.5) is 0 Å². The minimum atomic E-state index is 1.01. The van der Waals surface area contributed by atoms with Crippen LogP contribution in [0.15, 0.2) is 0 Å². The highest BCUT2D eigenvalue weighted by molar-refractivity contribution is 5.04. The third kappa shape index (κ3) is 2.14. The summed E-state index contributed by atoms with van der Waals surface area (Å²) < 4.78 is 0. The van der Waals surface area contributed by atoms with E-state index in [9.17, 15) is 0 Å². The summed E-state index contributed by atoms with van der Waals surface area (Å²) >= 11 is 0. The third-order valence-corrected chi connectivity index (χ3v) is 8.66. The molecule has 0 amide bonds. The summed E-state index contributed by atoms with van der Waals surface area (Å²) in [5.74, 6) is 10.6. The van der Waals surface area contributed by atoms with E-state index in [0.717, 1.165) is 59.2 Å². The quantitative estimate of drug-likeness (QED) is 0.512. The molecule has 21 heavy (non-hydrogen) atoms. The van der Waals surface area contributed by atoms with Crippen LogP contribution in [0.2, 0.25) is 0 Å². The molecule has 0 saturated heterocycles. The van der Waals surface area contributed by atoms with Gasteiger partial charge in [0.25, 0.3) is 0 Å². The van der Waals surface area contributed by atoms with Crippen molar-refractivity contribution >= 4 is 0 Å². The first-order valence-corrected chi connectivity index (χ1v) is 10.1. The van der Waals surface area contributed by atoms with Gasteiger partial charge < -0.3 is 0 Å². The van der Waals surface area contributed by atoms with Crippen molar-refractivity contribution in [3.05, 3.63) is 0 Å². The highest BCUT2D eigenvalue weighted by atomic mass is 14.6. The van der Waals surface area contributed by atoms with Crippen LogP contribution in [-0.4, -0.2) is 0 Å². The maximum absolute atomic E-state index is 2.63. The normalized spacial score (nSPS) is 60.0. The van der Waals surface area contributed by atoms with Crippen molar-refractivity contribution in [3.63, 3.8) is 0 Å². The zero-order chi connectivity index (χ0) is 14.7. The molecule has 0 aliphatic heterocycles. The van der Waals surface area contributed by atoms with Gasteiger partial charge in [0.1, 0.15) is 0 Å². The van der Waals surface area contributed by atoms with E-state index in [2.05, 4.69) is 27.7 Å². The topological polar surface area (TPSA) is 0 Å². The van der Waals surface area contributed by atoms with Gasteiger partial charge in [0, 0.05) is 0 Å². The monoisotopic (exact) mass is 288 g/mol. The average Bonchev–Trinajstić information content (AvgIpc) is 2.81. The van der Waals surface area contributed by atoms with Crippen LogP contribution >= 0.6 is 0 Å². The van der Waals surface area contributed by atoms with Gasteiger partial charge in [-0.05, 0) is 78.4 Å². The molecule has 10 unspecified atom stereocenters. The van der Waals surface area contributed by atoms with Crippen LogP contribution in [0.3, 0.4) is 0 Å². The predicted molar refractivity (Wildman–Crippen MR) is 89.9 cm³/mol. The molecule has 4 saturated carbocycles. The molecule has 4 aliphatic rings. The predicted octanol–water partition coefficient (Wildman–Crippen LogP) is 6.01. The molecule has 0 heterocycles. The van der Waals surface area contributed by atoms with Crippen LogP contribution in [0.1, 0.15) is 72.6 Å². The summed E-state index contributed by atoms with van der Waals surface area (Å²) in [6.45, 7) is 10.4. The van der Waals surface area contributed by atoms with Gasteiger partial charge in [0.15, 0.2) is 0 Å². The number of hydrogen-bond donors (Lipinski definition) is 0. The van der Waals surface area contributed by atoms with Crippen LogP contribution in [0.5, 0.6) is 0 Å². The summed E-state index contributed by atoms with van der Waals surface area (Å²) in [4.78, 5) is 0. The molecule has 0 nitrogen and oxygen atoms in total. The number of rotatable bonds is 0. The summed E-state index contributed by atoms with van der Waals surface area (Å²) in [6, 6.07) is 0. The van der Waals surface area contributed by atoms with Crippen LogP contribution in [-0.2, 0) is 0 Å². The van der Waals surface area contributed by atoms with Gasteiger partial charge in [0.05, 0.1) is 0 Å². The molecule has 0 heteroatoms. The first-order valence-electron chi connectivity index (χ1n) is 10.1. The van der Waals surface area contributed by atoms with Crippen molar-refractivity contribution in [2.75, 3.05) is 0 Å². The molecule has 0 N–H and O–H groups in total. The van der Waals surface area contributed by atoms with E-state index < -0.39 is 0 Å². The fourth-order valence-corrected chi connectivity index (χ4v) is 8.25. The molecule has 4 rings (SSSR count). The van der Waals surface area contributed by atoms with E-state index in [1.165, 1.54) is 19.3 Å². The van der Waals surface area contributed by atoms with Crippen LogP contribution in [0.25, 0.3) is 0 Å². The Morgan fingerprint density at radius 3 is 2.05 bits per heavy atom. The Morgan fingerprint density at radius 2 is 1.24 bits per heavy atom. The standard InChI is InChI=1S/C21H36/c1-12-6-5-7-16-10-14(3)21-17-9-8-13(2)19(17)15(4)11-18(21)20(12)16/h12-21H,5-11H2,1-4H3. The highest BCUT2D eigenvalue weighted by Crippen LogP contribution is 2.62. The zero-order valence-corrected chi connectivity index (χ0v) is 14.7. The Labute approximate surface area is 132 Å². The van der Waals surface area contributed by atoms with E-state index in [4.69, 9.17) is 0 Å². The van der Waals surface area contributed by atoms with Gasteiger partial charge in [-0.2, -0.15) is 0 Å².